The normalized spacial score (nSPS) is 11.1. The number of hydrogen-bond acceptors (Lipinski definition) is 1. The van der Waals surface area contributed by atoms with Crippen molar-refractivity contribution in [1.29, 1.82) is 0 Å². The second-order valence-electron chi connectivity index (χ2n) is 5.84. The summed E-state index contributed by atoms with van der Waals surface area (Å²) in [5.74, 6) is 0. The molecule has 0 aromatic carbocycles. The van der Waals surface area contributed by atoms with Crippen LogP contribution in [-0.4, -0.2) is 62.3 Å². The second-order valence-corrected chi connectivity index (χ2v) is 5.84. The maximum absolute atomic E-state index is 4.55. The van der Waals surface area contributed by atoms with Gasteiger partial charge in [0.05, 0.1) is 0 Å². The predicted octanol–water partition coefficient (Wildman–Crippen LogP) is 4.08. The van der Waals surface area contributed by atoms with E-state index in [0.29, 0.717) is 18.1 Å². The Morgan fingerprint density at radius 3 is 1.05 bits per heavy atom. The summed E-state index contributed by atoms with van der Waals surface area (Å²) in [7, 11) is 0. The fourth-order valence-electron chi connectivity index (χ4n) is 1.71. The van der Waals surface area contributed by atoms with Crippen molar-refractivity contribution in [3.8, 4) is 0 Å². The third-order valence-electron chi connectivity index (χ3n) is 2.73. The average molecular weight is 332 g/mol. The van der Waals surface area contributed by atoms with Gasteiger partial charge in [0.25, 0.3) is 0 Å². The van der Waals surface area contributed by atoms with E-state index in [1.54, 1.807) is 0 Å². The molecule has 0 spiro atoms. The van der Waals surface area contributed by atoms with E-state index in [9.17, 15) is 0 Å². The molecule has 0 aromatic rings. The monoisotopic (exact) mass is 332 g/mol. The predicted molar refractivity (Wildman–Crippen MR) is 92.9 cm³/mol. The van der Waals surface area contributed by atoms with Crippen molar-refractivity contribution in [2.45, 2.75) is 59.7 Å². The Kier molecular flexibility index (Phi) is 21.3. The van der Waals surface area contributed by atoms with Gasteiger partial charge in [-0.2, -0.15) is 0 Å². The summed E-state index contributed by atoms with van der Waals surface area (Å²) < 4.78 is 0. The summed E-state index contributed by atoms with van der Waals surface area (Å²) in [5.41, 5.74) is 0. The summed E-state index contributed by atoms with van der Waals surface area (Å²) in [6.45, 7) is 18.6. The standard InChI is InChI=1S/C15H33N4.CH3.Ti/c1-13(2)16-7-10-19(11-8-17-14(3)4)12-9-18-15(5)6;;/h13-15H,7-12H2,1-6H3;1H3;/q-3;-1;+4. The molecule has 0 saturated heterocycles. The maximum Gasteiger partial charge on any atom is 4.00 e. The maximum atomic E-state index is 4.55. The van der Waals surface area contributed by atoms with Gasteiger partial charge in [-0.3, -0.25) is 0 Å². The third-order valence-corrected chi connectivity index (χ3v) is 2.73. The van der Waals surface area contributed by atoms with Crippen LogP contribution in [0.3, 0.4) is 0 Å². The van der Waals surface area contributed by atoms with E-state index in [2.05, 4.69) is 62.4 Å². The van der Waals surface area contributed by atoms with Gasteiger partial charge in [-0.1, -0.05) is 41.5 Å². The fourth-order valence-corrected chi connectivity index (χ4v) is 1.71. The van der Waals surface area contributed by atoms with Crippen molar-refractivity contribution in [1.82, 2.24) is 4.90 Å². The molecular formula is C16H36N4Ti. The van der Waals surface area contributed by atoms with Gasteiger partial charge in [-0.25, -0.2) is 0 Å². The molecule has 0 heterocycles. The van der Waals surface area contributed by atoms with Gasteiger partial charge in [0.15, 0.2) is 0 Å². The summed E-state index contributed by atoms with van der Waals surface area (Å²) >= 11 is 0. The quantitative estimate of drug-likeness (QED) is 0.392. The SMILES string of the molecule is CC(C)[N-]CCN(CC[N-]C(C)C)CC[N-]C(C)C.[CH3-].[Ti+4]. The zero-order valence-electron chi connectivity index (χ0n) is 15.3. The van der Waals surface area contributed by atoms with E-state index in [1.807, 2.05) is 0 Å². The van der Waals surface area contributed by atoms with Crippen LogP contribution in [0.25, 0.3) is 16.0 Å². The number of nitrogens with zero attached hydrogens (tertiary/aromatic N) is 4. The summed E-state index contributed by atoms with van der Waals surface area (Å²) in [5, 5.41) is 13.6. The average Bonchev–Trinajstić information content (AvgIpc) is 2.26. The molecule has 4 nitrogen and oxygen atoms in total. The molecule has 5 heteroatoms. The molecule has 0 saturated carbocycles. The molecule has 0 aliphatic rings. The van der Waals surface area contributed by atoms with E-state index in [4.69, 9.17) is 0 Å². The Labute approximate surface area is 149 Å². The van der Waals surface area contributed by atoms with E-state index >= 15 is 0 Å². The first-order valence-corrected chi connectivity index (χ1v) is 7.64. The fraction of sp³-hybridized carbons (Fsp3) is 0.938. The Hall–Kier alpha value is 0.554. The molecule has 0 rings (SSSR count). The van der Waals surface area contributed by atoms with Crippen molar-refractivity contribution in [2.75, 3.05) is 39.3 Å². The van der Waals surface area contributed by atoms with Crippen molar-refractivity contribution < 1.29 is 21.7 Å². The van der Waals surface area contributed by atoms with Crippen LogP contribution in [0.4, 0.5) is 0 Å². The minimum absolute atomic E-state index is 0. The van der Waals surface area contributed by atoms with E-state index in [1.165, 1.54) is 0 Å². The van der Waals surface area contributed by atoms with Crippen LogP contribution < -0.4 is 0 Å². The first kappa shape index (κ1) is 26.5. The zero-order chi connectivity index (χ0) is 14.7. The molecule has 0 atom stereocenters. The van der Waals surface area contributed by atoms with Crippen molar-refractivity contribution in [3.05, 3.63) is 23.4 Å². The van der Waals surface area contributed by atoms with Crippen LogP contribution in [0.5, 0.6) is 0 Å². The molecule has 0 unspecified atom stereocenters. The summed E-state index contributed by atoms with van der Waals surface area (Å²) in [4.78, 5) is 2.43. The molecular weight excluding hydrogens is 296 g/mol. The molecule has 0 N–H and O–H groups in total. The first-order valence-electron chi connectivity index (χ1n) is 7.64. The Bertz CT molecular complexity index is 165. The molecule has 0 radical (unpaired) electrons. The molecule has 0 amide bonds. The van der Waals surface area contributed by atoms with Crippen LogP contribution >= 0.6 is 0 Å². The van der Waals surface area contributed by atoms with Gasteiger partial charge < -0.3 is 28.3 Å². The summed E-state index contributed by atoms with van der Waals surface area (Å²) in [6.07, 6.45) is 0. The van der Waals surface area contributed by atoms with E-state index in [0.717, 1.165) is 39.3 Å². The van der Waals surface area contributed by atoms with Crippen LogP contribution in [0, 0.1) is 7.43 Å². The summed E-state index contributed by atoms with van der Waals surface area (Å²) in [6, 6.07) is 1.30. The third kappa shape index (κ3) is 20.6. The van der Waals surface area contributed by atoms with Gasteiger partial charge >= 0.3 is 21.7 Å². The zero-order valence-corrected chi connectivity index (χ0v) is 16.8. The molecule has 124 valence electrons. The van der Waals surface area contributed by atoms with Crippen molar-refractivity contribution >= 4 is 0 Å². The van der Waals surface area contributed by atoms with Crippen LogP contribution in [0.2, 0.25) is 0 Å². The Morgan fingerprint density at radius 1 is 0.619 bits per heavy atom. The van der Waals surface area contributed by atoms with Crippen LogP contribution in [0.15, 0.2) is 0 Å². The van der Waals surface area contributed by atoms with Gasteiger partial charge in [0.2, 0.25) is 0 Å². The van der Waals surface area contributed by atoms with E-state index in [-0.39, 0.29) is 29.1 Å². The minimum Gasteiger partial charge on any atom is -0.659 e. The molecule has 0 aliphatic heterocycles. The first-order chi connectivity index (χ1) is 8.91. The van der Waals surface area contributed by atoms with E-state index < -0.39 is 0 Å². The van der Waals surface area contributed by atoms with Gasteiger partial charge in [-0.05, 0) is 19.6 Å². The van der Waals surface area contributed by atoms with Crippen LogP contribution in [-0.2, 0) is 21.7 Å². The Morgan fingerprint density at radius 2 is 0.857 bits per heavy atom. The molecule has 0 fully saturated rings. The molecule has 21 heavy (non-hydrogen) atoms. The molecule has 0 bridgehead atoms. The molecule has 0 aromatic heterocycles. The minimum atomic E-state index is 0. The number of hydrogen-bond donors (Lipinski definition) is 0. The smallest absolute Gasteiger partial charge is 0.659 e. The van der Waals surface area contributed by atoms with Crippen LogP contribution in [0.1, 0.15) is 41.5 Å². The second kappa shape index (κ2) is 16.9. The van der Waals surface area contributed by atoms with Crippen molar-refractivity contribution in [3.63, 3.8) is 0 Å². The van der Waals surface area contributed by atoms with Crippen molar-refractivity contribution in [2.24, 2.45) is 0 Å². The topological polar surface area (TPSA) is 45.5 Å². The van der Waals surface area contributed by atoms with Gasteiger partial charge in [0, 0.05) is 0 Å². The van der Waals surface area contributed by atoms with Gasteiger partial charge in [-0.15, -0.1) is 37.8 Å². The Balaban J connectivity index is -0.00000162. The largest absolute Gasteiger partial charge is 4.00 e. The van der Waals surface area contributed by atoms with Gasteiger partial charge in [0.1, 0.15) is 0 Å². The molecule has 0 aliphatic carbocycles. The number of rotatable bonds is 12.